The van der Waals surface area contributed by atoms with E-state index >= 15 is 0 Å². The minimum atomic E-state index is -0.534. The van der Waals surface area contributed by atoms with Crippen LogP contribution in [0.4, 0.5) is 11.8 Å². The zero-order valence-corrected chi connectivity index (χ0v) is 8.16. The highest BCUT2D eigenvalue weighted by Crippen LogP contribution is 2.10. The highest BCUT2D eigenvalue weighted by atomic mass is 16.3. The molecule has 1 heterocycles. The molecule has 0 aliphatic rings. The first-order valence-electron chi connectivity index (χ1n) is 4.19. The molecule has 0 bridgehead atoms. The highest BCUT2D eigenvalue weighted by Gasteiger charge is 2.16. The Kier molecular flexibility index (Phi) is 2.76. The topological polar surface area (TPSA) is 104 Å². The first kappa shape index (κ1) is 10.5. The quantitative estimate of drug-likeness (QED) is 0.526. The molecule has 5 N–H and O–H groups in total. The Balaban J connectivity index is 2.92. The van der Waals surface area contributed by atoms with Gasteiger partial charge in [0.15, 0.2) is 0 Å². The smallest absolute Gasteiger partial charge is 0.254 e. The lowest BCUT2D eigenvalue weighted by molar-refractivity contribution is 0.234. The third kappa shape index (κ3) is 2.74. The van der Waals surface area contributed by atoms with Gasteiger partial charge in [0.25, 0.3) is 5.56 Å². The first-order chi connectivity index (χ1) is 6.43. The van der Waals surface area contributed by atoms with Gasteiger partial charge < -0.3 is 16.2 Å². The Bertz CT molecular complexity index is 372. The predicted molar refractivity (Wildman–Crippen MR) is 54.1 cm³/mol. The third-order valence-electron chi connectivity index (χ3n) is 1.62. The number of H-pyrrole nitrogens is 1. The second-order valence-corrected chi connectivity index (χ2v) is 3.68. The molecule has 6 heteroatoms. The third-order valence-corrected chi connectivity index (χ3v) is 1.62. The Morgan fingerprint density at radius 3 is 2.86 bits per heavy atom. The van der Waals surface area contributed by atoms with Gasteiger partial charge >= 0.3 is 0 Å². The Morgan fingerprint density at radius 1 is 1.71 bits per heavy atom. The van der Waals surface area contributed by atoms with Crippen molar-refractivity contribution in [2.75, 3.05) is 17.7 Å². The van der Waals surface area contributed by atoms with Gasteiger partial charge in [-0.05, 0) is 13.8 Å². The van der Waals surface area contributed by atoms with Crippen LogP contribution in [-0.4, -0.2) is 27.2 Å². The average molecular weight is 198 g/mol. The van der Waals surface area contributed by atoms with E-state index in [4.69, 9.17) is 10.8 Å². The van der Waals surface area contributed by atoms with Gasteiger partial charge in [0.05, 0.1) is 12.1 Å². The van der Waals surface area contributed by atoms with Crippen molar-refractivity contribution in [3.05, 3.63) is 16.4 Å². The van der Waals surface area contributed by atoms with Gasteiger partial charge in [0.2, 0.25) is 5.95 Å². The molecule has 0 amide bonds. The van der Waals surface area contributed by atoms with Crippen molar-refractivity contribution in [2.24, 2.45) is 0 Å². The van der Waals surface area contributed by atoms with Crippen LogP contribution < -0.4 is 16.6 Å². The van der Waals surface area contributed by atoms with E-state index in [2.05, 4.69) is 15.3 Å². The summed E-state index contributed by atoms with van der Waals surface area (Å²) < 4.78 is 0. The van der Waals surface area contributed by atoms with E-state index in [0.29, 0.717) is 5.82 Å². The number of aromatic amines is 1. The molecule has 0 spiro atoms. The zero-order valence-electron chi connectivity index (χ0n) is 8.16. The number of anilines is 2. The number of aliphatic hydroxyl groups is 1. The largest absolute Gasteiger partial charge is 0.394 e. The lowest BCUT2D eigenvalue weighted by atomic mass is 10.1. The van der Waals surface area contributed by atoms with Gasteiger partial charge in [-0.1, -0.05) is 0 Å². The Morgan fingerprint density at radius 2 is 2.36 bits per heavy atom. The number of nitrogens with one attached hydrogen (secondary N) is 2. The number of hydrogen-bond acceptors (Lipinski definition) is 5. The number of nitrogen functional groups attached to an aromatic ring is 1. The number of rotatable bonds is 3. The molecule has 0 aromatic carbocycles. The molecule has 78 valence electrons. The fourth-order valence-electron chi connectivity index (χ4n) is 0.927. The van der Waals surface area contributed by atoms with Crippen LogP contribution in [0.3, 0.4) is 0 Å². The van der Waals surface area contributed by atoms with Crippen molar-refractivity contribution < 1.29 is 5.11 Å². The van der Waals surface area contributed by atoms with E-state index in [1.54, 1.807) is 13.8 Å². The van der Waals surface area contributed by atoms with Crippen molar-refractivity contribution in [3.8, 4) is 0 Å². The summed E-state index contributed by atoms with van der Waals surface area (Å²) in [7, 11) is 0. The summed E-state index contributed by atoms with van der Waals surface area (Å²) in [4.78, 5) is 17.2. The van der Waals surface area contributed by atoms with E-state index in [1.807, 2.05) is 0 Å². The van der Waals surface area contributed by atoms with Crippen molar-refractivity contribution in [1.82, 2.24) is 9.97 Å². The van der Waals surface area contributed by atoms with Crippen LogP contribution >= 0.6 is 0 Å². The molecule has 0 saturated carbocycles. The van der Waals surface area contributed by atoms with E-state index in [-0.39, 0.29) is 18.1 Å². The molecule has 0 atom stereocenters. The molecule has 0 aliphatic carbocycles. The number of nitrogens with zero attached hydrogens (tertiary/aromatic N) is 1. The van der Waals surface area contributed by atoms with Crippen LogP contribution in [0.5, 0.6) is 0 Å². The maximum absolute atomic E-state index is 11.0. The van der Waals surface area contributed by atoms with Crippen LogP contribution in [0.15, 0.2) is 10.9 Å². The molecule has 1 aromatic heterocycles. The molecule has 14 heavy (non-hydrogen) atoms. The summed E-state index contributed by atoms with van der Waals surface area (Å²) in [5, 5.41) is 11.9. The molecule has 0 aliphatic heterocycles. The molecule has 1 aromatic rings. The number of aromatic nitrogens is 2. The van der Waals surface area contributed by atoms with Crippen LogP contribution in [0, 0.1) is 0 Å². The van der Waals surface area contributed by atoms with Gasteiger partial charge in [-0.15, -0.1) is 0 Å². The van der Waals surface area contributed by atoms with Crippen molar-refractivity contribution >= 4 is 11.8 Å². The van der Waals surface area contributed by atoms with Gasteiger partial charge in [-0.25, -0.2) is 0 Å². The van der Waals surface area contributed by atoms with Gasteiger partial charge in [-0.2, -0.15) is 4.98 Å². The second kappa shape index (κ2) is 3.67. The fraction of sp³-hybridized carbons (Fsp3) is 0.500. The van der Waals surface area contributed by atoms with E-state index in [1.165, 1.54) is 6.07 Å². The van der Waals surface area contributed by atoms with Gasteiger partial charge in [0, 0.05) is 6.07 Å². The van der Waals surface area contributed by atoms with E-state index < -0.39 is 5.54 Å². The average Bonchev–Trinajstić information content (AvgIpc) is 2.01. The molecule has 6 nitrogen and oxygen atoms in total. The van der Waals surface area contributed by atoms with E-state index in [9.17, 15) is 4.79 Å². The van der Waals surface area contributed by atoms with E-state index in [0.717, 1.165) is 0 Å². The first-order valence-corrected chi connectivity index (χ1v) is 4.19. The molecule has 0 unspecified atom stereocenters. The molecular formula is C8H14N4O2. The lowest BCUT2D eigenvalue weighted by Gasteiger charge is -2.23. The monoisotopic (exact) mass is 198 g/mol. The molecule has 0 radical (unpaired) electrons. The number of hydrogen-bond donors (Lipinski definition) is 4. The summed E-state index contributed by atoms with van der Waals surface area (Å²) in [6.45, 7) is 3.50. The van der Waals surface area contributed by atoms with Crippen molar-refractivity contribution in [3.63, 3.8) is 0 Å². The van der Waals surface area contributed by atoms with Crippen molar-refractivity contribution in [1.29, 1.82) is 0 Å². The summed E-state index contributed by atoms with van der Waals surface area (Å²) in [6, 6.07) is 1.29. The Labute approximate surface area is 81.2 Å². The summed E-state index contributed by atoms with van der Waals surface area (Å²) in [5.74, 6) is 0.402. The van der Waals surface area contributed by atoms with Crippen LogP contribution in [-0.2, 0) is 0 Å². The van der Waals surface area contributed by atoms with Crippen molar-refractivity contribution in [2.45, 2.75) is 19.4 Å². The Hall–Kier alpha value is -1.56. The minimum Gasteiger partial charge on any atom is -0.394 e. The fourth-order valence-corrected chi connectivity index (χ4v) is 0.927. The molecule has 0 fully saturated rings. The lowest BCUT2D eigenvalue weighted by Crippen LogP contribution is -2.35. The normalized spacial score (nSPS) is 11.4. The summed E-state index contributed by atoms with van der Waals surface area (Å²) in [5.41, 5.74) is 4.49. The molecular weight excluding hydrogens is 184 g/mol. The summed E-state index contributed by atoms with van der Waals surface area (Å²) in [6.07, 6.45) is 0. The maximum atomic E-state index is 11.0. The second-order valence-electron chi connectivity index (χ2n) is 3.68. The highest BCUT2D eigenvalue weighted by molar-refractivity contribution is 5.39. The zero-order chi connectivity index (χ0) is 10.8. The van der Waals surface area contributed by atoms with Gasteiger partial charge in [0.1, 0.15) is 5.82 Å². The number of aliphatic hydroxyl groups excluding tert-OH is 1. The summed E-state index contributed by atoms with van der Waals surface area (Å²) >= 11 is 0. The minimum absolute atomic E-state index is 0.0498. The maximum Gasteiger partial charge on any atom is 0.254 e. The standard InChI is InChI=1S/C8H14N4O2/c1-8(2,4-13)12-5-3-6(14)11-7(9)10-5/h3,13H,4H2,1-2H3,(H4,9,10,11,12,14). The van der Waals surface area contributed by atoms with Crippen LogP contribution in [0.2, 0.25) is 0 Å². The van der Waals surface area contributed by atoms with Gasteiger partial charge in [-0.3, -0.25) is 9.78 Å². The van der Waals surface area contributed by atoms with Crippen LogP contribution in [0.25, 0.3) is 0 Å². The predicted octanol–water partition coefficient (Wildman–Crippen LogP) is -0.465. The number of nitrogens with two attached hydrogens (primary N) is 1. The van der Waals surface area contributed by atoms with Crippen LogP contribution in [0.1, 0.15) is 13.8 Å². The molecule has 0 saturated heterocycles. The SMILES string of the molecule is CC(C)(CO)Nc1cc(=O)[nH]c(N)n1. The molecule has 1 rings (SSSR count).